The van der Waals surface area contributed by atoms with Crippen LogP contribution in [0, 0.1) is 13.8 Å². The number of anilines is 1. The Labute approximate surface area is 141 Å². The molecule has 1 heterocycles. The predicted octanol–water partition coefficient (Wildman–Crippen LogP) is 4.22. The molecule has 0 atom stereocenters. The second-order valence-corrected chi connectivity index (χ2v) is 5.96. The van der Waals surface area contributed by atoms with Gasteiger partial charge in [-0.3, -0.25) is 4.98 Å². The van der Waals surface area contributed by atoms with Crippen molar-refractivity contribution in [1.82, 2.24) is 10.3 Å². The van der Waals surface area contributed by atoms with Crippen molar-refractivity contribution in [1.29, 1.82) is 0 Å². The van der Waals surface area contributed by atoms with Gasteiger partial charge >= 0.3 is 6.03 Å². The van der Waals surface area contributed by atoms with E-state index in [0.717, 1.165) is 22.9 Å². The van der Waals surface area contributed by atoms with E-state index in [2.05, 4.69) is 47.7 Å². The number of aryl methyl sites for hydroxylation is 2. The summed E-state index contributed by atoms with van der Waals surface area (Å²) in [5.74, 6) is 0. The van der Waals surface area contributed by atoms with Crippen molar-refractivity contribution in [3.8, 4) is 0 Å². The minimum Gasteiger partial charge on any atom is -0.338 e. The Morgan fingerprint density at radius 3 is 2.83 bits per heavy atom. The van der Waals surface area contributed by atoms with Gasteiger partial charge in [-0.1, -0.05) is 35.9 Å². The maximum Gasteiger partial charge on any atom is 0.319 e. The monoisotopic (exact) mass is 319 g/mol. The first-order chi connectivity index (χ1) is 11.6. The van der Waals surface area contributed by atoms with Crippen LogP contribution in [-0.2, 0) is 6.42 Å². The maximum absolute atomic E-state index is 12.1. The number of nitrogens with zero attached hydrogens (tertiary/aromatic N) is 1. The zero-order chi connectivity index (χ0) is 16.9. The molecule has 2 aromatic carbocycles. The molecule has 0 aliphatic rings. The Hall–Kier alpha value is -2.88. The van der Waals surface area contributed by atoms with Crippen molar-refractivity contribution in [2.75, 3.05) is 11.9 Å². The van der Waals surface area contributed by atoms with Gasteiger partial charge < -0.3 is 10.6 Å². The molecule has 2 N–H and O–H groups in total. The second kappa shape index (κ2) is 7.13. The number of carbonyl (C=O) groups is 1. The molecule has 0 unspecified atom stereocenters. The number of hydrogen-bond acceptors (Lipinski definition) is 2. The molecule has 2 amide bonds. The zero-order valence-electron chi connectivity index (χ0n) is 14.0. The molecular weight excluding hydrogens is 298 g/mol. The first-order valence-corrected chi connectivity index (χ1v) is 8.07. The maximum atomic E-state index is 12.1. The second-order valence-electron chi connectivity index (χ2n) is 5.96. The molecule has 0 fully saturated rings. The molecule has 0 aliphatic carbocycles. The lowest BCUT2D eigenvalue weighted by Crippen LogP contribution is -2.30. The van der Waals surface area contributed by atoms with Crippen molar-refractivity contribution in [2.24, 2.45) is 0 Å². The largest absolute Gasteiger partial charge is 0.338 e. The van der Waals surface area contributed by atoms with E-state index in [1.807, 2.05) is 24.3 Å². The zero-order valence-corrected chi connectivity index (χ0v) is 14.0. The van der Waals surface area contributed by atoms with Crippen molar-refractivity contribution in [2.45, 2.75) is 20.3 Å². The Balaban J connectivity index is 1.59. The number of carbonyl (C=O) groups excluding carboxylic acids is 1. The van der Waals surface area contributed by atoms with Crippen LogP contribution < -0.4 is 10.6 Å². The van der Waals surface area contributed by atoms with Crippen molar-refractivity contribution in [3.63, 3.8) is 0 Å². The van der Waals surface area contributed by atoms with E-state index in [9.17, 15) is 4.79 Å². The van der Waals surface area contributed by atoms with Crippen LogP contribution >= 0.6 is 0 Å². The molecule has 4 nitrogen and oxygen atoms in total. The third-order valence-corrected chi connectivity index (χ3v) is 4.11. The van der Waals surface area contributed by atoms with Crippen molar-refractivity contribution >= 4 is 22.5 Å². The van der Waals surface area contributed by atoms with Gasteiger partial charge in [-0.05, 0) is 43.5 Å². The van der Waals surface area contributed by atoms with Crippen LogP contribution in [0.5, 0.6) is 0 Å². The lowest BCUT2D eigenvalue weighted by Gasteiger charge is -2.11. The lowest BCUT2D eigenvalue weighted by molar-refractivity contribution is 0.252. The van der Waals surface area contributed by atoms with Crippen molar-refractivity contribution in [3.05, 3.63) is 71.5 Å². The van der Waals surface area contributed by atoms with Crippen molar-refractivity contribution < 1.29 is 4.79 Å². The van der Waals surface area contributed by atoms with E-state index in [-0.39, 0.29) is 6.03 Å². The molecule has 24 heavy (non-hydrogen) atoms. The first kappa shape index (κ1) is 16.0. The predicted molar refractivity (Wildman–Crippen MR) is 98.4 cm³/mol. The minimum absolute atomic E-state index is 0.191. The molecule has 4 heteroatoms. The Kier molecular flexibility index (Phi) is 4.75. The van der Waals surface area contributed by atoms with E-state index in [1.54, 1.807) is 12.4 Å². The van der Waals surface area contributed by atoms with E-state index in [1.165, 1.54) is 16.7 Å². The number of fused-ring (bicyclic) bond motifs is 1. The highest BCUT2D eigenvalue weighted by molar-refractivity contribution is 6.01. The fourth-order valence-corrected chi connectivity index (χ4v) is 2.84. The topological polar surface area (TPSA) is 54.0 Å². The van der Waals surface area contributed by atoms with Crippen LogP contribution in [-0.4, -0.2) is 17.6 Å². The number of nitrogens with one attached hydrogen (secondary N) is 2. The summed E-state index contributed by atoms with van der Waals surface area (Å²) in [4.78, 5) is 16.2. The summed E-state index contributed by atoms with van der Waals surface area (Å²) < 4.78 is 0. The lowest BCUT2D eigenvalue weighted by atomic mass is 10.0. The number of benzene rings is 2. The SMILES string of the molecule is Cc1ccc(CCNC(=O)Nc2cccc3cnccc23)c(C)c1. The van der Waals surface area contributed by atoms with Gasteiger partial charge in [0, 0.05) is 29.7 Å². The Bertz CT molecular complexity index is 868. The van der Waals surface area contributed by atoms with Crippen LogP contribution in [0.25, 0.3) is 10.8 Å². The normalized spacial score (nSPS) is 10.6. The summed E-state index contributed by atoms with van der Waals surface area (Å²) in [7, 11) is 0. The molecule has 1 aromatic heterocycles. The molecule has 3 aromatic rings. The third-order valence-electron chi connectivity index (χ3n) is 4.11. The molecule has 0 aliphatic heterocycles. The number of aromatic nitrogens is 1. The van der Waals surface area contributed by atoms with Gasteiger partial charge in [0.15, 0.2) is 0 Å². The number of urea groups is 1. The van der Waals surface area contributed by atoms with Crippen LogP contribution in [0.15, 0.2) is 54.9 Å². The number of amides is 2. The minimum atomic E-state index is -0.191. The van der Waals surface area contributed by atoms with E-state index >= 15 is 0 Å². The highest BCUT2D eigenvalue weighted by Gasteiger charge is 2.05. The highest BCUT2D eigenvalue weighted by atomic mass is 16.2. The quantitative estimate of drug-likeness (QED) is 0.756. The number of pyridine rings is 1. The van der Waals surface area contributed by atoms with Gasteiger partial charge in [0.25, 0.3) is 0 Å². The van der Waals surface area contributed by atoms with Crippen LogP contribution in [0.1, 0.15) is 16.7 Å². The van der Waals surface area contributed by atoms with E-state index in [0.29, 0.717) is 6.54 Å². The van der Waals surface area contributed by atoms with Gasteiger partial charge in [0.05, 0.1) is 5.69 Å². The number of rotatable bonds is 4. The average molecular weight is 319 g/mol. The van der Waals surface area contributed by atoms with E-state index < -0.39 is 0 Å². The molecule has 0 bridgehead atoms. The van der Waals surface area contributed by atoms with Gasteiger partial charge in [-0.2, -0.15) is 0 Å². The molecule has 0 spiro atoms. The van der Waals surface area contributed by atoms with Gasteiger partial charge in [-0.15, -0.1) is 0 Å². The summed E-state index contributed by atoms with van der Waals surface area (Å²) in [5.41, 5.74) is 4.57. The Morgan fingerprint density at radius 2 is 2.00 bits per heavy atom. The molecule has 122 valence electrons. The van der Waals surface area contributed by atoms with Crippen LogP contribution in [0.4, 0.5) is 10.5 Å². The highest BCUT2D eigenvalue weighted by Crippen LogP contribution is 2.21. The molecule has 3 rings (SSSR count). The average Bonchev–Trinajstić information content (AvgIpc) is 2.57. The standard InChI is InChI=1S/C20H21N3O/c1-14-6-7-16(15(2)12-14)8-11-22-20(24)23-19-5-3-4-17-13-21-10-9-18(17)19/h3-7,9-10,12-13H,8,11H2,1-2H3,(H2,22,23,24). The summed E-state index contributed by atoms with van der Waals surface area (Å²) >= 11 is 0. The first-order valence-electron chi connectivity index (χ1n) is 8.07. The fourth-order valence-electron chi connectivity index (χ4n) is 2.84. The van der Waals surface area contributed by atoms with Crippen LogP contribution in [0.3, 0.4) is 0 Å². The Morgan fingerprint density at radius 1 is 1.12 bits per heavy atom. The van der Waals surface area contributed by atoms with Gasteiger partial charge in [0.2, 0.25) is 0 Å². The number of hydrogen-bond donors (Lipinski definition) is 2. The van der Waals surface area contributed by atoms with Crippen LogP contribution in [0.2, 0.25) is 0 Å². The summed E-state index contributed by atoms with van der Waals surface area (Å²) in [6.07, 6.45) is 4.34. The fraction of sp³-hybridized carbons (Fsp3) is 0.200. The van der Waals surface area contributed by atoms with E-state index in [4.69, 9.17) is 0 Å². The van der Waals surface area contributed by atoms with Gasteiger partial charge in [-0.25, -0.2) is 4.79 Å². The summed E-state index contributed by atoms with van der Waals surface area (Å²) in [6, 6.07) is 13.9. The molecular formula is C20H21N3O. The summed E-state index contributed by atoms with van der Waals surface area (Å²) in [5, 5.41) is 7.83. The summed E-state index contributed by atoms with van der Waals surface area (Å²) in [6.45, 7) is 4.79. The molecule has 0 radical (unpaired) electrons. The molecule has 0 saturated heterocycles. The van der Waals surface area contributed by atoms with Gasteiger partial charge in [0.1, 0.15) is 0 Å². The molecule has 0 saturated carbocycles. The smallest absolute Gasteiger partial charge is 0.319 e. The third kappa shape index (κ3) is 3.71.